The van der Waals surface area contributed by atoms with Crippen LogP contribution in [0, 0.1) is 5.82 Å². The van der Waals surface area contributed by atoms with Gasteiger partial charge in [0.2, 0.25) is 0 Å². The van der Waals surface area contributed by atoms with Crippen LogP contribution in [0.4, 0.5) is 10.1 Å². The van der Waals surface area contributed by atoms with E-state index in [1.54, 1.807) is 6.07 Å². The van der Waals surface area contributed by atoms with Crippen molar-refractivity contribution in [3.63, 3.8) is 0 Å². The lowest BCUT2D eigenvalue weighted by molar-refractivity contribution is 0.471. The molecule has 0 saturated carbocycles. The summed E-state index contributed by atoms with van der Waals surface area (Å²) in [5.74, 6) is 0.252. The number of benzene rings is 1. The van der Waals surface area contributed by atoms with Gasteiger partial charge in [-0.3, -0.25) is 0 Å². The zero-order valence-electron chi connectivity index (χ0n) is 9.31. The van der Waals surface area contributed by atoms with E-state index < -0.39 is 5.82 Å². The number of anilines is 1. The van der Waals surface area contributed by atoms with Gasteiger partial charge in [-0.15, -0.1) is 0 Å². The van der Waals surface area contributed by atoms with E-state index in [0.717, 1.165) is 5.76 Å². The smallest absolute Gasteiger partial charge is 0.169 e. The average Bonchev–Trinajstić information content (AvgIpc) is 2.70. The highest BCUT2D eigenvalue weighted by atomic mass is 79.9. The van der Waals surface area contributed by atoms with E-state index in [4.69, 9.17) is 27.6 Å². The minimum atomic E-state index is -0.469. The topological polar surface area (TPSA) is 25.2 Å². The second kappa shape index (κ2) is 5.51. The Morgan fingerprint density at radius 1 is 1.28 bits per heavy atom. The van der Waals surface area contributed by atoms with Gasteiger partial charge >= 0.3 is 0 Å². The summed E-state index contributed by atoms with van der Waals surface area (Å²) in [5.41, 5.74) is 0.486. The quantitative estimate of drug-likeness (QED) is 0.770. The number of hydrogen-bond donors (Lipinski definition) is 1. The first-order chi connectivity index (χ1) is 8.47. The van der Waals surface area contributed by atoms with Crippen molar-refractivity contribution in [2.75, 3.05) is 5.32 Å². The minimum absolute atomic E-state index is 0.142. The molecule has 0 fully saturated rings. The highest BCUT2D eigenvalue weighted by Gasteiger charge is 2.14. The van der Waals surface area contributed by atoms with Crippen LogP contribution in [0.15, 0.2) is 33.4 Å². The molecule has 0 amide bonds. The second-order valence-corrected chi connectivity index (χ2v) is 5.35. The average molecular weight is 353 g/mol. The molecule has 2 aromatic rings. The third kappa shape index (κ3) is 2.99. The van der Waals surface area contributed by atoms with Crippen molar-refractivity contribution in [3.05, 3.63) is 50.6 Å². The molecule has 2 rings (SSSR count). The lowest BCUT2D eigenvalue weighted by Gasteiger charge is -2.15. The molecule has 2 nitrogen and oxygen atoms in total. The van der Waals surface area contributed by atoms with Gasteiger partial charge < -0.3 is 9.73 Å². The van der Waals surface area contributed by atoms with Gasteiger partial charge in [0, 0.05) is 0 Å². The number of nitrogens with one attached hydrogen (secondary N) is 1. The summed E-state index contributed by atoms with van der Waals surface area (Å²) in [5, 5.41) is 3.56. The van der Waals surface area contributed by atoms with Crippen molar-refractivity contribution >= 4 is 44.8 Å². The van der Waals surface area contributed by atoms with Crippen LogP contribution in [0.1, 0.15) is 18.7 Å². The first kappa shape index (κ1) is 13.7. The molecular weight excluding hydrogens is 344 g/mol. The molecular formula is C12H9BrCl2FNO. The first-order valence-corrected chi connectivity index (χ1v) is 6.68. The van der Waals surface area contributed by atoms with Crippen molar-refractivity contribution in [1.29, 1.82) is 0 Å². The molecule has 0 radical (unpaired) electrons. The Hall–Kier alpha value is -0.710. The second-order valence-electron chi connectivity index (χ2n) is 3.75. The highest BCUT2D eigenvalue weighted by molar-refractivity contribution is 9.10. The van der Waals surface area contributed by atoms with Crippen LogP contribution in [-0.4, -0.2) is 0 Å². The van der Waals surface area contributed by atoms with Crippen LogP contribution in [0.25, 0.3) is 0 Å². The lowest BCUT2D eigenvalue weighted by atomic mass is 10.2. The maximum absolute atomic E-state index is 13.1. The van der Waals surface area contributed by atoms with Gasteiger partial charge in [0.25, 0.3) is 0 Å². The van der Waals surface area contributed by atoms with E-state index in [1.165, 1.54) is 12.1 Å². The third-order valence-corrected chi connectivity index (χ3v) is 3.41. The maximum Gasteiger partial charge on any atom is 0.169 e. The summed E-state index contributed by atoms with van der Waals surface area (Å²) in [6.45, 7) is 1.89. The molecule has 18 heavy (non-hydrogen) atoms. The van der Waals surface area contributed by atoms with Gasteiger partial charge in [-0.1, -0.05) is 23.2 Å². The first-order valence-electron chi connectivity index (χ1n) is 5.13. The van der Waals surface area contributed by atoms with Crippen molar-refractivity contribution in [2.45, 2.75) is 13.0 Å². The number of hydrogen-bond acceptors (Lipinski definition) is 2. The SMILES string of the molecule is CC(Nc1c(Cl)cc(F)cc1Cl)c1ccc(Br)o1. The van der Waals surface area contributed by atoms with Crippen molar-refractivity contribution in [2.24, 2.45) is 0 Å². The van der Waals surface area contributed by atoms with Crippen molar-refractivity contribution in [1.82, 2.24) is 0 Å². The zero-order valence-corrected chi connectivity index (χ0v) is 12.4. The van der Waals surface area contributed by atoms with Gasteiger partial charge in [-0.25, -0.2) is 4.39 Å². The molecule has 0 spiro atoms. The molecule has 1 aromatic heterocycles. The molecule has 1 heterocycles. The minimum Gasteiger partial charge on any atom is -0.452 e. The highest BCUT2D eigenvalue weighted by Crippen LogP contribution is 2.34. The predicted octanol–water partition coefficient (Wildman–Crippen LogP) is 5.66. The molecule has 0 aliphatic heterocycles. The molecule has 1 unspecified atom stereocenters. The van der Waals surface area contributed by atoms with Crippen LogP contribution in [0.2, 0.25) is 10.0 Å². The van der Waals surface area contributed by atoms with Crippen LogP contribution in [-0.2, 0) is 0 Å². The molecule has 1 atom stereocenters. The Balaban J connectivity index is 2.24. The van der Waals surface area contributed by atoms with Crippen molar-refractivity contribution in [3.8, 4) is 0 Å². The van der Waals surface area contributed by atoms with Gasteiger partial charge in [-0.05, 0) is 47.1 Å². The molecule has 0 saturated heterocycles. The summed E-state index contributed by atoms with van der Waals surface area (Å²) in [4.78, 5) is 0. The Morgan fingerprint density at radius 3 is 2.39 bits per heavy atom. The Kier molecular flexibility index (Phi) is 4.20. The molecule has 1 aromatic carbocycles. The van der Waals surface area contributed by atoms with Crippen LogP contribution >= 0.6 is 39.1 Å². The molecule has 96 valence electrons. The van der Waals surface area contributed by atoms with Gasteiger partial charge in [0.05, 0.1) is 21.8 Å². The van der Waals surface area contributed by atoms with Gasteiger partial charge in [-0.2, -0.15) is 0 Å². The standard InChI is InChI=1S/C12H9BrCl2FNO/c1-6(10-2-3-11(13)18-10)17-12-8(14)4-7(16)5-9(12)15/h2-6,17H,1H3. The van der Waals surface area contributed by atoms with Crippen LogP contribution < -0.4 is 5.32 Å². The van der Waals surface area contributed by atoms with E-state index in [0.29, 0.717) is 10.4 Å². The summed E-state index contributed by atoms with van der Waals surface area (Å²) in [7, 11) is 0. The molecule has 0 bridgehead atoms. The van der Waals surface area contributed by atoms with E-state index in [-0.39, 0.29) is 16.1 Å². The summed E-state index contributed by atoms with van der Waals surface area (Å²) >= 11 is 15.1. The number of furan rings is 1. The lowest BCUT2D eigenvalue weighted by Crippen LogP contribution is -2.06. The molecule has 6 heteroatoms. The fraction of sp³-hybridized carbons (Fsp3) is 0.167. The fourth-order valence-electron chi connectivity index (χ4n) is 1.53. The summed E-state index contributed by atoms with van der Waals surface area (Å²) < 4.78 is 19.1. The normalized spacial score (nSPS) is 12.5. The van der Waals surface area contributed by atoms with Gasteiger partial charge in [0.1, 0.15) is 11.6 Å². The number of halogens is 4. The van der Waals surface area contributed by atoms with E-state index in [9.17, 15) is 4.39 Å². The molecule has 0 aliphatic rings. The monoisotopic (exact) mass is 351 g/mol. The summed E-state index contributed by atoms with van der Waals surface area (Å²) in [6, 6.07) is 5.90. The van der Waals surface area contributed by atoms with Gasteiger partial charge in [0.15, 0.2) is 4.67 Å². The Morgan fingerprint density at radius 2 is 1.89 bits per heavy atom. The van der Waals surface area contributed by atoms with E-state index >= 15 is 0 Å². The fourth-order valence-corrected chi connectivity index (χ4v) is 2.42. The zero-order chi connectivity index (χ0) is 13.3. The van der Waals surface area contributed by atoms with E-state index in [2.05, 4.69) is 21.2 Å². The largest absolute Gasteiger partial charge is 0.452 e. The molecule has 0 aliphatic carbocycles. The Bertz CT molecular complexity index is 550. The Labute approximate surface area is 122 Å². The van der Waals surface area contributed by atoms with Crippen LogP contribution in [0.5, 0.6) is 0 Å². The summed E-state index contributed by atoms with van der Waals surface area (Å²) in [6.07, 6.45) is 0. The maximum atomic E-state index is 13.1. The molecule has 1 N–H and O–H groups in total. The number of rotatable bonds is 3. The van der Waals surface area contributed by atoms with Crippen molar-refractivity contribution < 1.29 is 8.81 Å². The third-order valence-electron chi connectivity index (χ3n) is 2.39. The predicted molar refractivity (Wildman–Crippen MR) is 74.9 cm³/mol. The van der Waals surface area contributed by atoms with E-state index in [1.807, 2.05) is 13.0 Å². The van der Waals surface area contributed by atoms with Crippen LogP contribution in [0.3, 0.4) is 0 Å².